The van der Waals surface area contributed by atoms with Crippen LogP contribution in [0.3, 0.4) is 0 Å². The summed E-state index contributed by atoms with van der Waals surface area (Å²) < 4.78 is 15.3. The van der Waals surface area contributed by atoms with Gasteiger partial charge in [-0.2, -0.15) is 0 Å². The molecule has 4 nitrogen and oxygen atoms in total. The average molecular weight is 264 g/mol. The fourth-order valence-corrected chi connectivity index (χ4v) is 2.36. The first-order valence-corrected chi connectivity index (χ1v) is 6.60. The second-order valence-electron chi connectivity index (χ2n) is 5.26. The third kappa shape index (κ3) is 2.87. The molecule has 0 saturated heterocycles. The maximum atomic E-state index is 13.3. The van der Waals surface area contributed by atoms with Gasteiger partial charge in [0.05, 0.1) is 11.0 Å². The van der Waals surface area contributed by atoms with Gasteiger partial charge >= 0.3 is 0 Å². The molecule has 0 bridgehead atoms. The molecule has 19 heavy (non-hydrogen) atoms. The van der Waals surface area contributed by atoms with E-state index < -0.39 is 0 Å². The summed E-state index contributed by atoms with van der Waals surface area (Å²) in [5.74, 6) is 1.12. The Balaban J connectivity index is 2.49. The second-order valence-corrected chi connectivity index (χ2v) is 5.26. The van der Waals surface area contributed by atoms with Crippen LogP contribution in [0.25, 0.3) is 11.0 Å². The standard InChI is InChI=1S/C14H21FN4/c1-10(2)9-18(3)14-17-12-8-11(15)4-5-13(12)19(14)7-6-16/h4-5,8,10H,6-7,9,16H2,1-3H3. The highest BCUT2D eigenvalue weighted by molar-refractivity contribution is 5.79. The van der Waals surface area contributed by atoms with Crippen LogP contribution in [0.5, 0.6) is 0 Å². The number of hydrogen-bond acceptors (Lipinski definition) is 3. The van der Waals surface area contributed by atoms with Crippen molar-refractivity contribution in [1.29, 1.82) is 0 Å². The Morgan fingerprint density at radius 3 is 2.79 bits per heavy atom. The summed E-state index contributed by atoms with van der Waals surface area (Å²) in [7, 11) is 2.00. The van der Waals surface area contributed by atoms with E-state index in [2.05, 4.69) is 28.3 Å². The van der Waals surface area contributed by atoms with Crippen molar-refractivity contribution >= 4 is 17.0 Å². The SMILES string of the molecule is CC(C)CN(C)c1nc2cc(F)ccc2n1CCN. The van der Waals surface area contributed by atoms with Crippen LogP contribution < -0.4 is 10.6 Å². The van der Waals surface area contributed by atoms with Crippen molar-refractivity contribution in [2.75, 3.05) is 25.0 Å². The lowest BCUT2D eigenvalue weighted by Gasteiger charge is -2.21. The van der Waals surface area contributed by atoms with E-state index in [-0.39, 0.29) is 5.82 Å². The molecule has 0 aliphatic rings. The molecule has 0 aliphatic carbocycles. The molecule has 0 atom stereocenters. The van der Waals surface area contributed by atoms with Gasteiger partial charge in [-0.3, -0.25) is 0 Å². The number of hydrogen-bond donors (Lipinski definition) is 1. The molecule has 0 amide bonds. The maximum Gasteiger partial charge on any atom is 0.206 e. The molecule has 2 rings (SSSR count). The molecule has 2 N–H and O–H groups in total. The van der Waals surface area contributed by atoms with Gasteiger partial charge in [-0.25, -0.2) is 9.37 Å². The predicted molar refractivity (Wildman–Crippen MR) is 76.9 cm³/mol. The Labute approximate surface area is 113 Å². The Bertz CT molecular complexity index is 562. The number of aromatic nitrogens is 2. The Morgan fingerprint density at radius 2 is 2.16 bits per heavy atom. The zero-order valence-electron chi connectivity index (χ0n) is 11.7. The first kappa shape index (κ1) is 13.8. The number of fused-ring (bicyclic) bond motifs is 1. The summed E-state index contributed by atoms with van der Waals surface area (Å²) in [6.45, 7) is 6.43. The van der Waals surface area contributed by atoms with Crippen LogP contribution in [0.15, 0.2) is 18.2 Å². The molecule has 0 spiro atoms. The molecule has 2 aromatic rings. The molecule has 0 radical (unpaired) electrons. The highest BCUT2D eigenvalue weighted by Crippen LogP contribution is 2.23. The van der Waals surface area contributed by atoms with E-state index in [9.17, 15) is 4.39 Å². The quantitative estimate of drug-likeness (QED) is 0.900. The molecular formula is C14H21FN4. The van der Waals surface area contributed by atoms with Crippen LogP contribution in [0.1, 0.15) is 13.8 Å². The molecule has 1 aromatic carbocycles. The number of anilines is 1. The van der Waals surface area contributed by atoms with Gasteiger partial charge in [0.2, 0.25) is 5.95 Å². The highest BCUT2D eigenvalue weighted by Gasteiger charge is 2.15. The molecule has 0 unspecified atom stereocenters. The van der Waals surface area contributed by atoms with E-state index >= 15 is 0 Å². The Morgan fingerprint density at radius 1 is 1.42 bits per heavy atom. The van der Waals surface area contributed by atoms with Crippen molar-refractivity contribution in [2.45, 2.75) is 20.4 Å². The summed E-state index contributed by atoms with van der Waals surface area (Å²) in [5, 5.41) is 0. The average Bonchev–Trinajstić information content (AvgIpc) is 2.67. The number of nitrogens with zero attached hydrogens (tertiary/aromatic N) is 3. The van der Waals surface area contributed by atoms with E-state index in [0.717, 1.165) is 18.0 Å². The molecule has 1 heterocycles. The zero-order chi connectivity index (χ0) is 14.0. The van der Waals surface area contributed by atoms with E-state index in [0.29, 0.717) is 24.5 Å². The van der Waals surface area contributed by atoms with Gasteiger partial charge in [-0.15, -0.1) is 0 Å². The van der Waals surface area contributed by atoms with E-state index in [4.69, 9.17) is 5.73 Å². The molecule has 0 saturated carbocycles. The van der Waals surface area contributed by atoms with Crippen LogP contribution >= 0.6 is 0 Å². The van der Waals surface area contributed by atoms with Crippen LogP contribution in [0.2, 0.25) is 0 Å². The first-order valence-electron chi connectivity index (χ1n) is 6.60. The highest BCUT2D eigenvalue weighted by atomic mass is 19.1. The van der Waals surface area contributed by atoms with Crippen molar-refractivity contribution in [3.8, 4) is 0 Å². The summed E-state index contributed by atoms with van der Waals surface area (Å²) in [5.41, 5.74) is 7.28. The zero-order valence-corrected chi connectivity index (χ0v) is 11.7. The minimum Gasteiger partial charge on any atom is -0.345 e. The number of imidazole rings is 1. The summed E-state index contributed by atoms with van der Waals surface area (Å²) >= 11 is 0. The topological polar surface area (TPSA) is 47.1 Å². The number of halogens is 1. The van der Waals surface area contributed by atoms with E-state index in [1.807, 2.05) is 7.05 Å². The largest absolute Gasteiger partial charge is 0.345 e. The van der Waals surface area contributed by atoms with Crippen molar-refractivity contribution < 1.29 is 4.39 Å². The minimum atomic E-state index is -0.261. The van der Waals surface area contributed by atoms with Gasteiger partial charge in [0.25, 0.3) is 0 Å². The van der Waals surface area contributed by atoms with Gasteiger partial charge in [-0.1, -0.05) is 13.8 Å². The molecule has 0 aliphatic heterocycles. The van der Waals surface area contributed by atoms with Crippen LogP contribution in [0, 0.1) is 11.7 Å². The number of rotatable bonds is 5. The van der Waals surface area contributed by atoms with Gasteiger partial charge in [0.1, 0.15) is 5.82 Å². The minimum absolute atomic E-state index is 0.261. The molecular weight excluding hydrogens is 243 g/mol. The third-order valence-corrected chi connectivity index (χ3v) is 3.02. The van der Waals surface area contributed by atoms with Crippen molar-refractivity contribution in [3.05, 3.63) is 24.0 Å². The summed E-state index contributed by atoms with van der Waals surface area (Å²) in [6.07, 6.45) is 0. The molecule has 1 aromatic heterocycles. The Hall–Kier alpha value is -1.62. The van der Waals surface area contributed by atoms with Gasteiger partial charge in [0, 0.05) is 32.7 Å². The predicted octanol–water partition coefficient (Wildman–Crippen LogP) is 2.23. The fraction of sp³-hybridized carbons (Fsp3) is 0.500. The lowest BCUT2D eigenvalue weighted by molar-refractivity contribution is 0.614. The monoisotopic (exact) mass is 264 g/mol. The van der Waals surface area contributed by atoms with Crippen molar-refractivity contribution in [1.82, 2.24) is 9.55 Å². The van der Waals surface area contributed by atoms with Crippen LogP contribution in [-0.4, -0.2) is 29.7 Å². The van der Waals surface area contributed by atoms with Crippen LogP contribution in [-0.2, 0) is 6.54 Å². The van der Waals surface area contributed by atoms with Crippen molar-refractivity contribution in [2.24, 2.45) is 11.7 Å². The summed E-state index contributed by atoms with van der Waals surface area (Å²) in [4.78, 5) is 6.63. The van der Waals surface area contributed by atoms with Gasteiger partial charge < -0.3 is 15.2 Å². The number of benzene rings is 1. The first-order chi connectivity index (χ1) is 9.02. The van der Waals surface area contributed by atoms with Crippen LogP contribution in [0.4, 0.5) is 10.3 Å². The molecule has 0 fully saturated rings. The second kappa shape index (κ2) is 5.57. The third-order valence-electron chi connectivity index (χ3n) is 3.02. The lowest BCUT2D eigenvalue weighted by Crippen LogP contribution is -2.26. The molecule has 5 heteroatoms. The van der Waals surface area contributed by atoms with Crippen molar-refractivity contribution in [3.63, 3.8) is 0 Å². The van der Waals surface area contributed by atoms with E-state index in [1.165, 1.54) is 12.1 Å². The summed E-state index contributed by atoms with van der Waals surface area (Å²) in [6, 6.07) is 4.69. The van der Waals surface area contributed by atoms with E-state index in [1.54, 1.807) is 6.07 Å². The molecule has 104 valence electrons. The normalized spacial score (nSPS) is 11.5. The van der Waals surface area contributed by atoms with Gasteiger partial charge in [-0.05, 0) is 18.1 Å². The lowest BCUT2D eigenvalue weighted by atomic mass is 10.2. The smallest absolute Gasteiger partial charge is 0.206 e. The Kier molecular flexibility index (Phi) is 4.04. The number of nitrogens with two attached hydrogens (primary N) is 1. The maximum absolute atomic E-state index is 13.3. The fourth-order valence-electron chi connectivity index (χ4n) is 2.36. The van der Waals surface area contributed by atoms with Gasteiger partial charge in [0.15, 0.2) is 0 Å².